The van der Waals surface area contributed by atoms with Gasteiger partial charge in [-0.2, -0.15) is 10.5 Å². The fourth-order valence-electron chi connectivity index (χ4n) is 2.55. The van der Waals surface area contributed by atoms with Crippen molar-refractivity contribution in [3.8, 4) is 12.1 Å². The highest BCUT2D eigenvalue weighted by atomic mass is 14.3. The molecule has 0 aromatic heterocycles. The van der Waals surface area contributed by atoms with Gasteiger partial charge in [0, 0.05) is 6.42 Å². The molecule has 0 saturated carbocycles. The van der Waals surface area contributed by atoms with Gasteiger partial charge in [0.15, 0.2) is 0 Å². The predicted molar refractivity (Wildman–Crippen MR) is 61.6 cm³/mol. The highest BCUT2D eigenvalue weighted by molar-refractivity contribution is 5.38. The summed E-state index contributed by atoms with van der Waals surface area (Å²) in [5, 5.41) is 17.7. The Hall–Kier alpha value is -1.80. The second kappa shape index (κ2) is 4.81. The van der Waals surface area contributed by atoms with Gasteiger partial charge in [0.1, 0.15) is 0 Å². The van der Waals surface area contributed by atoms with E-state index in [1.165, 1.54) is 11.1 Å². The monoisotopic (exact) mass is 210 g/mol. The van der Waals surface area contributed by atoms with Crippen LogP contribution in [0.15, 0.2) is 24.3 Å². The lowest BCUT2D eigenvalue weighted by Crippen LogP contribution is -2.13. The highest BCUT2D eigenvalue weighted by Crippen LogP contribution is 2.40. The Balaban J connectivity index is 2.29. The van der Waals surface area contributed by atoms with Gasteiger partial charge in [0.05, 0.1) is 18.1 Å². The van der Waals surface area contributed by atoms with Crippen LogP contribution in [0.3, 0.4) is 0 Å². The standard InChI is InChI=1S/C14H14N2/c15-9-3-4-11-7-8-12(10-16)14-6-2-1-5-13(11)14/h1-2,5-6,11-12H,3-4,7-8H2. The molecule has 1 aromatic carbocycles. The molecule has 0 N–H and O–H groups in total. The molecular weight excluding hydrogens is 196 g/mol. The van der Waals surface area contributed by atoms with Gasteiger partial charge in [0.2, 0.25) is 0 Å². The van der Waals surface area contributed by atoms with Gasteiger partial charge in [-0.05, 0) is 36.3 Å². The number of nitrogens with zero attached hydrogens (tertiary/aromatic N) is 2. The summed E-state index contributed by atoms with van der Waals surface area (Å²) < 4.78 is 0. The van der Waals surface area contributed by atoms with Gasteiger partial charge in [-0.1, -0.05) is 24.3 Å². The van der Waals surface area contributed by atoms with Crippen molar-refractivity contribution in [2.75, 3.05) is 0 Å². The van der Waals surface area contributed by atoms with Gasteiger partial charge in [-0.15, -0.1) is 0 Å². The lowest BCUT2D eigenvalue weighted by molar-refractivity contribution is 0.505. The maximum Gasteiger partial charge on any atom is 0.0715 e. The third-order valence-electron chi connectivity index (χ3n) is 3.38. The molecule has 80 valence electrons. The Labute approximate surface area is 96.1 Å². The largest absolute Gasteiger partial charge is 0.198 e. The molecular formula is C14H14N2. The molecule has 0 radical (unpaired) electrons. The van der Waals surface area contributed by atoms with Crippen LogP contribution in [-0.2, 0) is 0 Å². The average molecular weight is 210 g/mol. The van der Waals surface area contributed by atoms with E-state index in [-0.39, 0.29) is 5.92 Å². The molecule has 0 bridgehead atoms. The number of nitriles is 2. The summed E-state index contributed by atoms with van der Waals surface area (Å²) in [5.74, 6) is 0.523. The first-order valence-electron chi connectivity index (χ1n) is 5.72. The summed E-state index contributed by atoms with van der Waals surface area (Å²) in [5.41, 5.74) is 2.47. The smallest absolute Gasteiger partial charge is 0.0715 e. The molecule has 1 aromatic rings. The first-order chi connectivity index (χ1) is 7.86. The van der Waals surface area contributed by atoms with E-state index in [4.69, 9.17) is 10.5 Å². The molecule has 0 saturated heterocycles. The summed E-state index contributed by atoms with van der Waals surface area (Å²) in [6, 6.07) is 12.8. The van der Waals surface area contributed by atoms with Crippen LogP contribution < -0.4 is 0 Å². The second-order valence-corrected chi connectivity index (χ2v) is 4.28. The zero-order valence-electron chi connectivity index (χ0n) is 9.19. The minimum absolute atomic E-state index is 0.0505. The molecule has 16 heavy (non-hydrogen) atoms. The van der Waals surface area contributed by atoms with E-state index in [0.29, 0.717) is 12.3 Å². The SMILES string of the molecule is N#CCCC1CCC(C#N)c2ccccc21. The third kappa shape index (κ3) is 1.92. The summed E-state index contributed by atoms with van der Waals surface area (Å²) in [7, 11) is 0. The van der Waals surface area contributed by atoms with E-state index >= 15 is 0 Å². The molecule has 0 fully saturated rings. The lowest BCUT2D eigenvalue weighted by Gasteiger charge is -2.27. The topological polar surface area (TPSA) is 47.6 Å². The van der Waals surface area contributed by atoms with Gasteiger partial charge >= 0.3 is 0 Å². The molecule has 0 spiro atoms. The van der Waals surface area contributed by atoms with E-state index < -0.39 is 0 Å². The normalized spacial score (nSPS) is 22.9. The van der Waals surface area contributed by atoms with Gasteiger partial charge < -0.3 is 0 Å². The molecule has 1 aliphatic carbocycles. The fourth-order valence-corrected chi connectivity index (χ4v) is 2.55. The molecule has 1 aliphatic rings. The van der Waals surface area contributed by atoms with Crippen LogP contribution in [0, 0.1) is 22.7 Å². The predicted octanol–water partition coefficient (Wildman–Crippen LogP) is 3.47. The van der Waals surface area contributed by atoms with Gasteiger partial charge in [-0.3, -0.25) is 0 Å². The number of fused-ring (bicyclic) bond motifs is 1. The third-order valence-corrected chi connectivity index (χ3v) is 3.38. The molecule has 2 nitrogen and oxygen atoms in total. The van der Waals surface area contributed by atoms with E-state index in [1.54, 1.807) is 0 Å². The van der Waals surface area contributed by atoms with Crippen LogP contribution in [0.5, 0.6) is 0 Å². The first-order valence-corrected chi connectivity index (χ1v) is 5.72. The molecule has 2 atom stereocenters. The number of hydrogen-bond donors (Lipinski definition) is 0. The molecule has 0 heterocycles. The zero-order chi connectivity index (χ0) is 11.4. The number of benzene rings is 1. The Morgan fingerprint density at radius 1 is 1.12 bits per heavy atom. The number of rotatable bonds is 2. The van der Waals surface area contributed by atoms with Crippen LogP contribution in [0.1, 0.15) is 48.6 Å². The summed E-state index contributed by atoms with van der Waals surface area (Å²) >= 11 is 0. The van der Waals surface area contributed by atoms with E-state index in [1.807, 2.05) is 12.1 Å². The Morgan fingerprint density at radius 3 is 2.56 bits per heavy atom. The Kier molecular flexibility index (Phi) is 3.22. The van der Waals surface area contributed by atoms with Crippen molar-refractivity contribution < 1.29 is 0 Å². The van der Waals surface area contributed by atoms with Crippen LogP contribution >= 0.6 is 0 Å². The van der Waals surface area contributed by atoms with Crippen molar-refractivity contribution in [2.45, 2.75) is 37.5 Å². The van der Waals surface area contributed by atoms with Crippen molar-refractivity contribution in [2.24, 2.45) is 0 Å². The fraction of sp³-hybridized carbons (Fsp3) is 0.429. The first kappa shape index (κ1) is 10.7. The minimum Gasteiger partial charge on any atom is -0.198 e. The summed E-state index contributed by atoms with van der Waals surface area (Å²) in [6.45, 7) is 0. The molecule has 2 heteroatoms. The quantitative estimate of drug-likeness (QED) is 0.750. The van der Waals surface area contributed by atoms with Crippen LogP contribution in [0.2, 0.25) is 0 Å². The summed E-state index contributed by atoms with van der Waals surface area (Å²) in [6.07, 6.45) is 3.50. The zero-order valence-corrected chi connectivity index (χ0v) is 9.19. The lowest BCUT2D eigenvalue weighted by atomic mass is 9.75. The van der Waals surface area contributed by atoms with Gasteiger partial charge in [0.25, 0.3) is 0 Å². The van der Waals surface area contributed by atoms with Crippen LogP contribution in [0.25, 0.3) is 0 Å². The highest BCUT2D eigenvalue weighted by Gasteiger charge is 2.26. The summed E-state index contributed by atoms with van der Waals surface area (Å²) in [4.78, 5) is 0. The van der Waals surface area contributed by atoms with Crippen molar-refractivity contribution in [1.29, 1.82) is 10.5 Å². The van der Waals surface area contributed by atoms with Gasteiger partial charge in [-0.25, -0.2) is 0 Å². The molecule has 0 aliphatic heterocycles. The number of hydrogen-bond acceptors (Lipinski definition) is 2. The Morgan fingerprint density at radius 2 is 1.88 bits per heavy atom. The minimum atomic E-state index is 0.0505. The van der Waals surface area contributed by atoms with Crippen molar-refractivity contribution in [3.05, 3.63) is 35.4 Å². The van der Waals surface area contributed by atoms with E-state index in [2.05, 4.69) is 24.3 Å². The van der Waals surface area contributed by atoms with E-state index in [9.17, 15) is 0 Å². The average Bonchev–Trinajstić information content (AvgIpc) is 2.36. The van der Waals surface area contributed by atoms with Crippen LogP contribution in [-0.4, -0.2) is 0 Å². The Bertz CT molecular complexity index is 451. The second-order valence-electron chi connectivity index (χ2n) is 4.28. The van der Waals surface area contributed by atoms with E-state index in [0.717, 1.165) is 19.3 Å². The maximum atomic E-state index is 9.10. The maximum absolute atomic E-state index is 9.10. The van der Waals surface area contributed by atoms with Crippen molar-refractivity contribution >= 4 is 0 Å². The van der Waals surface area contributed by atoms with Crippen LogP contribution in [0.4, 0.5) is 0 Å². The molecule has 2 rings (SSSR count). The van der Waals surface area contributed by atoms with Crippen molar-refractivity contribution in [1.82, 2.24) is 0 Å². The molecule has 0 amide bonds. The van der Waals surface area contributed by atoms with Crippen molar-refractivity contribution in [3.63, 3.8) is 0 Å². The molecule has 2 unspecified atom stereocenters.